The first-order chi connectivity index (χ1) is 8.86. The zero-order valence-corrected chi connectivity index (χ0v) is 11.8. The van der Waals surface area contributed by atoms with E-state index < -0.39 is 11.4 Å². The van der Waals surface area contributed by atoms with Crippen molar-refractivity contribution in [3.63, 3.8) is 0 Å². The summed E-state index contributed by atoms with van der Waals surface area (Å²) in [5.41, 5.74) is -1.02. The normalized spacial score (nSPS) is 18.2. The Hall–Kier alpha value is -1.14. The van der Waals surface area contributed by atoms with Gasteiger partial charge in [-0.2, -0.15) is 0 Å². The number of carbonyl (C=O) groups excluding carboxylic acids is 1. The molecule has 0 saturated carbocycles. The van der Waals surface area contributed by atoms with Gasteiger partial charge in [-0.1, -0.05) is 0 Å². The second kappa shape index (κ2) is 6.86. The molecule has 0 unspecified atom stereocenters. The van der Waals surface area contributed by atoms with E-state index in [0.29, 0.717) is 19.6 Å². The minimum absolute atomic E-state index is 0.0301. The maximum Gasteiger partial charge on any atom is 0.309 e. The van der Waals surface area contributed by atoms with Crippen LogP contribution in [0.15, 0.2) is 0 Å². The van der Waals surface area contributed by atoms with Crippen LogP contribution in [0.3, 0.4) is 0 Å². The lowest BCUT2D eigenvalue weighted by atomic mass is 9.89. The van der Waals surface area contributed by atoms with Crippen LogP contribution < -0.4 is 0 Å². The number of carbonyl (C=O) groups is 2. The standard InChI is InChI=1S/C13H24N2O4/c1-13(2,12(18)19)10-11(17)15-5-3-4-14(6-7-15)8-9-16/h16H,3-10H2,1-2H3,(H,18,19). The van der Waals surface area contributed by atoms with E-state index in [9.17, 15) is 9.59 Å². The molecule has 0 atom stereocenters. The quantitative estimate of drug-likeness (QED) is 0.737. The number of β-amino-alcohol motifs (C(OH)–C–C–N with tert-alkyl or cyclic N) is 1. The lowest BCUT2D eigenvalue weighted by Crippen LogP contribution is -2.39. The Labute approximate surface area is 114 Å². The van der Waals surface area contributed by atoms with Crippen LogP contribution in [-0.4, -0.2) is 71.2 Å². The van der Waals surface area contributed by atoms with Crippen molar-refractivity contribution in [1.82, 2.24) is 9.80 Å². The summed E-state index contributed by atoms with van der Waals surface area (Å²) in [6, 6.07) is 0. The molecule has 1 heterocycles. The van der Waals surface area contributed by atoms with Crippen LogP contribution in [-0.2, 0) is 9.59 Å². The van der Waals surface area contributed by atoms with Gasteiger partial charge in [0.15, 0.2) is 0 Å². The fourth-order valence-electron chi connectivity index (χ4n) is 2.15. The Balaban J connectivity index is 2.52. The molecule has 1 saturated heterocycles. The summed E-state index contributed by atoms with van der Waals surface area (Å²) in [6.45, 7) is 6.77. The van der Waals surface area contributed by atoms with Gasteiger partial charge < -0.3 is 15.1 Å². The number of carboxylic acid groups (broad SMARTS) is 1. The van der Waals surface area contributed by atoms with Crippen molar-refractivity contribution < 1.29 is 19.8 Å². The predicted octanol–water partition coefficient (Wildman–Crippen LogP) is 0.0139. The summed E-state index contributed by atoms with van der Waals surface area (Å²) in [5.74, 6) is -1.05. The molecule has 0 aromatic carbocycles. The fourth-order valence-corrected chi connectivity index (χ4v) is 2.15. The summed E-state index contributed by atoms with van der Waals surface area (Å²) in [5, 5.41) is 18.0. The van der Waals surface area contributed by atoms with Gasteiger partial charge in [-0.25, -0.2) is 0 Å². The van der Waals surface area contributed by atoms with E-state index in [1.54, 1.807) is 18.7 Å². The van der Waals surface area contributed by atoms with Gasteiger partial charge in [-0.3, -0.25) is 14.5 Å². The zero-order chi connectivity index (χ0) is 14.5. The molecule has 19 heavy (non-hydrogen) atoms. The van der Waals surface area contributed by atoms with Crippen LogP contribution in [0, 0.1) is 5.41 Å². The number of rotatable bonds is 5. The first-order valence-electron chi connectivity index (χ1n) is 6.71. The molecule has 0 bridgehead atoms. The number of amides is 1. The van der Waals surface area contributed by atoms with Gasteiger partial charge in [0, 0.05) is 32.6 Å². The van der Waals surface area contributed by atoms with E-state index >= 15 is 0 Å². The molecule has 6 nitrogen and oxygen atoms in total. The average Bonchev–Trinajstić information content (AvgIpc) is 2.54. The predicted molar refractivity (Wildman–Crippen MR) is 70.8 cm³/mol. The third-order valence-electron chi connectivity index (χ3n) is 3.53. The summed E-state index contributed by atoms with van der Waals surface area (Å²) >= 11 is 0. The number of aliphatic carboxylic acids is 1. The van der Waals surface area contributed by atoms with E-state index in [2.05, 4.69) is 4.90 Å². The largest absolute Gasteiger partial charge is 0.481 e. The number of nitrogens with zero attached hydrogens (tertiary/aromatic N) is 2. The van der Waals surface area contributed by atoms with Crippen LogP contribution in [0.5, 0.6) is 0 Å². The van der Waals surface area contributed by atoms with Gasteiger partial charge in [0.25, 0.3) is 0 Å². The zero-order valence-electron chi connectivity index (χ0n) is 11.8. The van der Waals surface area contributed by atoms with Gasteiger partial charge in [0.05, 0.1) is 12.0 Å². The Morgan fingerprint density at radius 1 is 1.16 bits per heavy atom. The molecule has 110 valence electrons. The van der Waals surface area contributed by atoms with Gasteiger partial charge >= 0.3 is 5.97 Å². The Morgan fingerprint density at radius 3 is 2.42 bits per heavy atom. The van der Waals surface area contributed by atoms with Crippen molar-refractivity contribution in [3.8, 4) is 0 Å². The first kappa shape index (κ1) is 15.9. The number of hydrogen-bond acceptors (Lipinski definition) is 4. The topological polar surface area (TPSA) is 81.1 Å². The molecule has 0 aromatic heterocycles. The van der Waals surface area contributed by atoms with Crippen molar-refractivity contribution >= 4 is 11.9 Å². The summed E-state index contributed by atoms with van der Waals surface area (Å²) in [7, 11) is 0. The molecular weight excluding hydrogens is 248 g/mol. The number of aliphatic hydroxyl groups is 1. The molecule has 0 aromatic rings. The molecule has 0 aliphatic carbocycles. The number of aliphatic hydroxyl groups excluding tert-OH is 1. The highest BCUT2D eigenvalue weighted by Crippen LogP contribution is 2.22. The molecule has 1 rings (SSSR count). The lowest BCUT2D eigenvalue weighted by molar-refractivity contribution is -0.151. The van der Waals surface area contributed by atoms with Gasteiger partial charge in [0.2, 0.25) is 5.91 Å². The summed E-state index contributed by atoms with van der Waals surface area (Å²) < 4.78 is 0. The molecule has 0 spiro atoms. The van der Waals surface area contributed by atoms with Crippen molar-refractivity contribution in [3.05, 3.63) is 0 Å². The van der Waals surface area contributed by atoms with Crippen LogP contribution in [0.1, 0.15) is 26.7 Å². The van der Waals surface area contributed by atoms with Gasteiger partial charge in [-0.05, 0) is 26.8 Å². The molecule has 2 N–H and O–H groups in total. The fraction of sp³-hybridized carbons (Fsp3) is 0.846. The molecular formula is C13H24N2O4. The second-order valence-electron chi connectivity index (χ2n) is 5.67. The minimum Gasteiger partial charge on any atom is -0.481 e. The van der Waals surface area contributed by atoms with Gasteiger partial charge in [-0.15, -0.1) is 0 Å². The molecule has 6 heteroatoms. The smallest absolute Gasteiger partial charge is 0.309 e. The van der Waals surface area contributed by atoms with Crippen molar-refractivity contribution in [2.75, 3.05) is 39.3 Å². The van der Waals surface area contributed by atoms with E-state index in [1.807, 2.05) is 0 Å². The number of hydrogen-bond donors (Lipinski definition) is 2. The third-order valence-corrected chi connectivity index (χ3v) is 3.53. The van der Waals surface area contributed by atoms with Crippen molar-refractivity contribution in [2.24, 2.45) is 5.41 Å². The molecule has 0 radical (unpaired) electrons. The van der Waals surface area contributed by atoms with Crippen molar-refractivity contribution in [1.29, 1.82) is 0 Å². The van der Waals surface area contributed by atoms with Gasteiger partial charge in [0.1, 0.15) is 0 Å². The van der Waals surface area contributed by atoms with Crippen LogP contribution in [0.25, 0.3) is 0 Å². The third kappa shape index (κ3) is 4.80. The maximum atomic E-state index is 12.1. The molecule has 1 fully saturated rings. The molecule has 1 aliphatic heterocycles. The minimum atomic E-state index is -1.02. The molecule has 1 aliphatic rings. The second-order valence-corrected chi connectivity index (χ2v) is 5.67. The highest BCUT2D eigenvalue weighted by Gasteiger charge is 2.32. The Bertz CT molecular complexity index is 331. The van der Waals surface area contributed by atoms with E-state index in [-0.39, 0.29) is 18.9 Å². The monoisotopic (exact) mass is 272 g/mol. The summed E-state index contributed by atoms with van der Waals surface area (Å²) in [6.07, 6.45) is 0.890. The van der Waals surface area contributed by atoms with Crippen LogP contribution >= 0.6 is 0 Å². The first-order valence-corrected chi connectivity index (χ1v) is 6.71. The average molecular weight is 272 g/mol. The maximum absolute atomic E-state index is 12.1. The Kier molecular flexibility index (Phi) is 5.75. The van der Waals surface area contributed by atoms with E-state index in [1.165, 1.54) is 0 Å². The molecule has 1 amide bonds. The summed E-state index contributed by atoms with van der Waals surface area (Å²) in [4.78, 5) is 27.0. The van der Waals surface area contributed by atoms with Crippen LogP contribution in [0.4, 0.5) is 0 Å². The lowest BCUT2D eigenvalue weighted by Gasteiger charge is -2.25. The van der Waals surface area contributed by atoms with Crippen LogP contribution in [0.2, 0.25) is 0 Å². The highest BCUT2D eigenvalue weighted by atomic mass is 16.4. The van der Waals surface area contributed by atoms with Crippen molar-refractivity contribution in [2.45, 2.75) is 26.7 Å². The van der Waals surface area contributed by atoms with E-state index in [0.717, 1.165) is 19.5 Å². The number of carboxylic acids is 1. The van der Waals surface area contributed by atoms with E-state index in [4.69, 9.17) is 10.2 Å². The highest BCUT2D eigenvalue weighted by molar-refractivity contribution is 5.84. The SMILES string of the molecule is CC(C)(CC(=O)N1CCCN(CCO)CC1)C(=O)O. The Morgan fingerprint density at radius 2 is 1.84 bits per heavy atom.